The van der Waals surface area contributed by atoms with Crippen LogP contribution in [0.2, 0.25) is 0 Å². The number of oxazole rings is 1. The van der Waals surface area contributed by atoms with Gasteiger partial charge in [0.1, 0.15) is 5.76 Å². The second-order valence-electron chi connectivity index (χ2n) is 6.66. The van der Waals surface area contributed by atoms with Crippen LogP contribution in [0.5, 0.6) is 0 Å². The molecule has 1 atom stereocenters. The van der Waals surface area contributed by atoms with Crippen molar-refractivity contribution in [3.63, 3.8) is 0 Å². The lowest BCUT2D eigenvalue weighted by Gasteiger charge is -2.19. The molecule has 0 bridgehead atoms. The van der Waals surface area contributed by atoms with Crippen molar-refractivity contribution in [3.8, 4) is 0 Å². The van der Waals surface area contributed by atoms with Gasteiger partial charge in [0.25, 0.3) is 0 Å². The van der Waals surface area contributed by atoms with E-state index in [-0.39, 0.29) is 11.9 Å². The predicted molar refractivity (Wildman–Crippen MR) is 93.9 cm³/mol. The van der Waals surface area contributed by atoms with Gasteiger partial charge in [0.15, 0.2) is 0 Å². The van der Waals surface area contributed by atoms with E-state index in [1.54, 1.807) is 6.20 Å². The fourth-order valence-electron chi connectivity index (χ4n) is 2.91. The standard InChI is InChI=1S/C19H25N3O2/c1-13(2)17-11-21-18(24-17)12-20-14(3)15-6-4-7-16(10-15)22-9-5-8-19(22)23/h4,6-7,10-11,13-14,20H,5,8-9,12H2,1-3H3/t14-/m0/s1. The minimum absolute atomic E-state index is 0.150. The molecule has 1 aromatic heterocycles. The molecule has 2 heterocycles. The van der Waals surface area contributed by atoms with Gasteiger partial charge >= 0.3 is 0 Å². The number of anilines is 1. The number of hydrogen-bond acceptors (Lipinski definition) is 4. The minimum Gasteiger partial charge on any atom is -0.444 e. The molecule has 0 unspecified atom stereocenters. The molecule has 1 N–H and O–H groups in total. The number of carbonyl (C=O) groups excluding carboxylic acids is 1. The van der Waals surface area contributed by atoms with Crippen molar-refractivity contribution in [3.05, 3.63) is 47.7 Å². The summed E-state index contributed by atoms with van der Waals surface area (Å²) in [5.41, 5.74) is 2.14. The molecule has 24 heavy (non-hydrogen) atoms. The van der Waals surface area contributed by atoms with E-state index in [4.69, 9.17) is 4.42 Å². The molecule has 1 amide bonds. The fraction of sp³-hybridized carbons (Fsp3) is 0.474. The van der Waals surface area contributed by atoms with E-state index >= 15 is 0 Å². The third-order valence-electron chi connectivity index (χ3n) is 4.46. The second-order valence-corrected chi connectivity index (χ2v) is 6.66. The first-order valence-electron chi connectivity index (χ1n) is 8.63. The molecule has 0 saturated carbocycles. The van der Waals surface area contributed by atoms with Gasteiger partial charge in [0.2, 0.25) is 11.8 Å². The zero-order valence-corrected chi connectivity index (χ0v) is 14.6. The Balaban J connectivity index is 1.64. The van der Waals surface area contributed by atoms with E-state index in [1.807, 2.05) is 17.0 Å². The molecular formula is C19H25N3O2. The van der Waals surface area contributed by atoms with Gasteiger partial charge in [0, 0.05) is 30.6 Å². The molecule has 1 saturated heterocycles. The van der Waals surface area contributed by atoms with Crippen LogP contribution in [0, 0.1) is 0 Å². The number of rotatable bonds is 6. The Bertz CT molecular complexity index is 708. The van der Waals surface area contributed by atoms with Crippen molar-refractivity contribution in [2.75, 3.05) is 11.4 Å². The van der Waals surface area contributed by atoms with E-state index in [1.165, 1.54) is 0 Å². The monoisotopic (exact) mass is 327 g/mol. The lowest BCUT2D eigenvalue weighted by atomic mass is 10.1. The normalized spacial score (nSPS) is 16.2. The Morgan fingerprint density at radius 3 is 2.83 bits per heavy atom. The van der Waals surface area contributed by atoms with E-state index < -0.39 is 0 Å². The number of amides is 1. The molecule has 5 nitrogen and oxygen atoms in total. The minimum atomic E-state index is 0.150. The van der Waals surface area contributed by atoms with Gasteiger partial charge in [-0.15, -0.1) is 0 Å². The zero-order chi connectivity index (χ0) is 17.1. The Hall–Kier alpha value is -2.14. The molecule has 1 aliphatic heterocycles. The van der Waals surface area contributed by atoms with E-state index in [0.717, 1.165) is 30.0 Å². The summed E-state index contributed by atoms with van der Waals surface area (Å²) in [7, 11) is 0. The molecule has 1 fully saturated rings. The summed E-state index contributed by atoms with van der Waals surface area (Å²) in [5, 5.41) is 3.44. The Kier molecular flexibility index (Phi) is 5.00. The lowest BCUT2D eigenvalue weighted by molar-refractivity contribution is -0.117. The molecule has 3 rings (SSSR count). The molecule has 0 aliphatic carbocycles. The van der Waals surface area contributed by atoms with Crippen molar-refractivity contribution < 1.29 is 9.21 Å². The summed E-state index contributed by atoms with van der Waals surface area (Å²) in [5.74, 6) is 2.18. The number of benzene rings is 1. The molecule has 0 radical (unpaired) electrons. The Labute approximate surface area is 143 Å². The van der Waals surface area contributed by atoms with Crippen LogP contribution in [0.25, 0.3) is 0 Å². The SMILES string of the molecule is CC(C)c1cnc(CN[C@@H](C)c2cccc(N3CCCC3=O)c2)o1. The topological polar surface area (TPSA) is 58.4 Å². The van der Waals surface area contributed by atoms with E-state index in [0.29, 0.717) is 24.8 Å². The van der Waals surface area contributed by atoms with Crippen molar-refractivity contribution >= 4 is 11.6 Å². The van der Waals surface area contributed by atoms with Gasteiger partial charge < -0.3 is 14.6 Å². The lowest BCUT2D eigenvalue weighted by Crippen LogP contribution is -2.24. The van der Waals surface area contributed by atoms with Crippen molar-refractivity contribution in [2.45, 2.75) is 52.1 Å². The number of carbonyl (C=O) groups is 1. The fourth-order valence-corrected chi connectivity index (χ4v) is 2.91. The number of aromatic nitrogens is 1. The number of hydrogen-bond donors (Lipinski definition) is 1. The molecular weight excluding hydrogens is 302 g/mol. The maximum Gasteiger partial charge on any atom is 0.227 e. The zero-order valence-electron chi connectivity index (χ0n) is 14.6. The van der Waals surface area contributed by atoms with Crippen LogP contribution < -0.4 is 10.2 Å². The first kappa shape index (κ1) is 16.7. The van der Waals surface area contributed by atoms with Gasteiger partial charge in [-0.2, -0.15) is 0 Å². The highest BCUT2D eigenvalue weighted by Crippen LogP contribution is 2.25. The summed E-state index contributed by atoms with van der Waals surface area (Å²) in [6.45, 7) is 7.69. The molecule has 2 aromatic rings. The first-order chi connectivity index (χ1) is 11.5. The quantitative estimate of drug-likeness (QED) is 0.877. The first-order valence-corrected chi connectivity index (χ1v) is 8.63. The van der Waals surface area contributed by atoms with Crippen LogP contribution in [-0.4, -0.2) is 17.4 Å². The molecule has 128 valence electrons. The van der Waals surface area contributed by atoms with Gasteiger partial charge in [-0.25, -0.2) is 4.98 Å². The van der Waals surface area contributed by atoms with Crippen LogP contribution in [0.3, 0.4) is 0 Å². The van der Waals surface area contributed by atoms with E-state index in [2.05, 4.69) is 43.2 Å². The van der Waals surface area contributed by atoms with Gasteiger partial charge in [-0.05, 0) is 31.0 Å². The Morgan fingerprint density at radius 1 is 1.33 bits per heavy atom. The smallest absolute Gasteiger partial charge is 0.227 e. The Morgan fingerprint density at radius 2 is 2.17 bits per heavy atom. The van der Waals surface area contributed by atoms with Gasteiger partial charge in [0.05, 0.1) is 12.7 Å². The largest absolute Gasteiger partial charge is 0.444 e. The predicted octanol–water partition coefficient (Wildman–Crippen LogP) is 3.78. The average Bonchev–Trinajstić information content (AvgIpc) is 3.21. The van der Waals surface area contributed by atoms with Crippen LogP contribution in [0.4, 0.5) is 5.69 Å². The molecule has 1 aromatic carbocycles. The van der Waals surface area contributed by atoms with Crippen molar-refractivity contribution in [2.24, 2.45) is 0 Å². The van der Waals surface area contributed by atoms with E-state index in [9.17, 15) is 4.79 Å². The highest BCUT2D eigenvalue weighted by atomic mass is 16.4. The third-order valence-corrected chi connectivity index (χ3v) is 4.46. The maximum atomic E-state index is 11.9. The third kappa shape index (κ3) is 3.67. The number of nitrogens with one attached hydrogen (secondary N) is 1. The molecule has 1 aliphatic rings. The highest BCUT2D eigenvalue weighted by Gasteiger charge is 2.22. The van der Waals surface area contributed by atoms with Crippen LogP contribution in [0.1, 0.15) is 62.8 Å². The van der Waals surface area contributed by atoms with Gasteiger partial charge in [-0.3, -0.25) is 4.79 Å². The second kappa shape index (κ2) is 7.18. The molecule has 5 heteroatoms. The average molecular weight is 327 g/mol. The molecule has 0 spiro atoms. The highest BCUT2D eigenvalue weighted by molar-refractivity contribution is 5.95. The summed E-state index contributed by atoms with van der Waals surface area (Å²) in [4.78, 5) is 18.1. The summed E-state index contributed by atoms with van der Waals surface area (Å²) in [6.07, 6.45) is 3.39. The summed E-state index contributed by atoms with van der Waals surface area (Å²) in [6, 6.07) is 8.34. The van der Waals surface area contributed by atoms with Crippen molar-refractivity contribution in [1.29, 1.82) is 0 Å². The maximum absolute atomic E-state index is 11.9. The van der Waals surface area contributed by atoms with Crippen molar-refractivity contribution in [1.82, 2.24) is 10.3 Å². The van der Waals surface area contributed by atoms with Crippen LogP contribution >= 0.6 is 0 Å². The van der Waals surface area contributed by atoms with Crippen LogP contribution in [-0.2, 0) is 11.3 Å². The number of nitrogens with zero attached hydrogens (tertiary/aromatic N) is 2. The van der Waals surface area contributed by atoms with Crippen LogP contribution in [0.15, 0.2) is 34.9 Å². The summed E-state index contributed by atoms with van der Waals surface area (Å²) < 4.78 is 5.72. The van der Waals surface area contributed by atoms with Gasteiger partial charge in [-0.1, -0.05) is 26.0 Å². The summed E-state index contributed by atoms with van der Waals surface area (Å²) >= 11 is 0.